The van der Waals surface area contributed by atoms with E-state index >= 15 is 0 Å². The van der Waals surface area contributed by atoms with Gasteiger partial charge in [0.05, 0.1) is 19.8 Å². The van der Waals surface area contributed by atoms with Crippen LogP contribution in [0.2, 0.25) is 0 Å². The van der Waals surface area contributed by atoms with Crippen LogP contribution in [-0.4, -0.2) is 80.3 Å². The maximum atomic E-state index is 12.9. The van der Waals surface area contributed by atoms with Gasteiger partial charge in [-0.3, -0.25) is 28.0 Å². The van der Waals surface area contributed by atoms with Crippen molar-refractivity contribution in [2.75, 3.05) is 32.1 Å². The number of nitrogens with one attached hydrogen (secondary N) is 2. The van der Waals surface area contributed by atoms with E-state index in [0.717, 1.165) is 64.2 Å². The summed E-state index contributed by atoms with van der Waals surface area (Å²) in [6.45, 7) is 17.2. The summed E-state index contributed by atoms with van der Waals surface area (Å²) in [7, 11) is -4.69. The third-order valence-corrected chi connectivity index (χ3v) is 11.1. The van der Waals surface area contributed by atoms with Gasteiger partial charge < -0.3 is 35.1 Å². The van der Waals surface area contributed by atoms with Gasteiger partial charge >= 0.3 is 31.5 Å². The first-order valence-electron chi connectivity index (χ1n) is 24.0. The Hall–Kier alpha value is -4.83. The molecule has 1 amide bonds. The van der Waals surface area contributed by atoms with Gasteiger partial charge in [-0.2, -0.15) is 9.97 Å². The molecule has 1 aromatic carbocycles. The molecule has 5 N–H and O–H groups in total. The molecule has 2 heterocycles. The highest BCUT2D eigenvalue weighted by Gasteiger charge is 2.26. The summed E-state index contributed by atoms with van der Waals surface area (Å²) in [5.74, 6) is -1.40. The van der Waals surface area contributed by atoms with Gasteiger partial charge in [0.25, 0.3) is 5.91 Å². The Morgan fingerprint density at radius 3 is 1.93 bits per heavy atom. The van der Waals surface area contributed by atoms with Gasteiger partial charge in [-0.05, 0) is 87.8 Å². The first-order valence-corrected chi connectivity index (χ1v) is 25.5. The van der Waals surface area contributed by atoms with Crippen molar-refractivity contribution in [3.63, 3.8) is 0 Å². The maximum absolute atomic E-state index is 12.9. The van der Waals surface area contributed by atoms with Gasteiger partial charge in [-0.1, -0.05) is 117 Å². The first kappa shape index (κ1) is 57.5. The highest BCUT2D eigenvalue weighted by molar-refractivity contribution is 7.47. The SMILES string of the molecule is CC(C)(C)/C=C\CCCCCCCC(=O)OCC(COP(=O)(O)OCCNC(=O)c1ccc(Cn2c(=O)[nH]c3c(N)nc(OC(C)(C)C)nc32)cc1)OC(=O)CCCCCCC/C=C\C(C)(C)C. The molecule has 2 atom stereocenters. The Kier molecular flexibility index (Phi) is 23.7. The summed E-state index contributed by atoms with van der Waals surface area (Å²) >= 11 is 0. The number of phosphoric ester groups is 1. The van der Waals surface area contributed by atoms with E-state index in [0.29, 0.717) is 24.0 Å². The number of hydrogen-bond donors (Lipinski definition) is 4. The Labute approximate surface area is 403 Å². The lowest BCUT2D eigenvalue weighted by atomic mass is 9.95. The molecule has 68 heavy (non-hydrogen) atoms. The zero-order valence-corrected chi connectivity index (χ0v) is 42.9. The molecule has 0 aliphatic carbocycles. The summed E-state index contributed by atoms with van der Waals surface area (Å²) in [6.07, 6.45) is 19.4. The van der Waals surface area contributed by atoms with Crippen LogP contribution >= 0.6 is 7.82 Å². The zero-order chi connectivity index (χ0) is 50.4. The monoisotopic (exact) mass is 971 g/mol. The molecule has 0 saturated carbocycles. The van der Waals surface area contributed by atoms with E-state index in [1.165, 1.54) is 4.57 Å². The minimum absolute atomic E-state index is 0.0312. The number of nitrogen functional groups attached to an aromatic ring is 1. The van der Waals surface area contributed by atoms with Gasteiger partial charge in [0.2, 0.25) is 0 Å². The van der Waals surface area contributed by atoms with Crippen molar-refractivity contribution in [1.29, 1.82) is 0 Å². The van der Waals surface area contributed by atoms with Crippen LogP contribution in [0, 0.1) is 10.8 Å². The van der Waals surface area contributed by atoms with Crippen LogP contribution in [0.5, 0.6) is 6.01 Å². The number of hydrogen-bond acceptors (Lipinski definition) is 13. The molecule has 2 aromatic heterocycles. The number of amides is 1. The van der Waals surface area contributed by atoms with E-state index < -0.39 is 49.7 Å². The summed E-state index contributed by atoms with van der Waals surface area (Å²) in [5.41, 5.74) is 6.90. The average molecular weight is 971 g/mol. The van der Waals surface area contributed by atoms with Crippen LogP contribution in [-0.2, 0) is 39.2 Å². The van der Waals surface area contributed by atoms with Gasteiger partial charge in [0, 0.05) is 24.9 Å². The molecular weight excluding hydrogens is 892 g/mol. The summed E-state index contributed by atoms with van der Waals surface area (Å²) < 4.78 is 41.2. The largest absolute Gasteiger partial charge is 0.472 e. The quantitative estimate of drug-likeness (QED) is 0.0211. The summed E-state index contributed by atoms with van der Waals surface area (Å²) in [5, 5.41) is 2.62. The third kappa shape index (κ3) is 24.5. The average Bonchev–Trinajstić information content (AvgIpc) is 3.55. The van der Waals surface area contributed by atoms with Crippen LogP contribution in [0.15, 0.2) is 53.4 Å². The number of anilines is 1. The van der Waals surface area contributed by atoms with Crippen molar-refractivity contribution in [1.82, 2.24) is 24.8 Å². The van der Waals surface area contributed by atoms with E-state index in [2.05, 4.69) is 86.1 Å². The minimum atomic E-state index is -4.69. The number of fused-ring (bicyclic) bond motifs is 1. The second-order valence-corrected chi connectivity index (χ2v) is 21.8. The lowest BCUT2D eigenvalue weighted by Crippen LogP contribution is -2.30. The van der Waals surface area contributed by atoms with E-state index in [4.69, 9.17) is 29.0 Å². The van der Waals surface area contributed by atoms with Crippen LogP contribution in [0.3, 0.4) is 0 Å². The molecule has 18 heteroatoms. The molecule has 0 bridgehead atoms. The lowest BCUT2D eigenvalue weighted by molar-refractivity contribution is -0.161. The standard InChI is InChI=1S/C50H79N6O11P/c1-48(2,3)30-22-18-14-10-12-16-20-24-40(57)63-35-39(66-41(58)25-21-17-13-11-15-19-23-31-49(4,5)6)36-65-68(61,62)64-33-32-52-45(59)38-28-26-37(27-29-38)34-56-44-42(53-47(56)60)43(51)54-46(55-44)67-50(7,8)9/h22-23,26-31,39H,10-21,24-25,32-36H2,1-9H3,(H,52,59)(H,53,60)(H,61,62)(H2,51,54,55)/b30-22-,31-23-. The molecule has 3 rings (SSSR count). The van der Waals surface area contributed by atoms with Crippen molar-refractivity contribution >= 4 is 42.7 Å². The number of nitrogens with zero attached hydrogens (tertiary/aromatic N) is 3. The van der Waals surface area contributed by atoms with Crippen molar-refractivity contribution in [2.24, 2.45) is 10.8 Å². The number of rotatable bonds is 30. The molecule has 0 saturated heterocycles. The van der Waals surface area contributed by atoms with Crippen LogP contribution in [0.25, 0.3) is 11.2 Å². The minimum Gasteiger partial charge on any atom is -0.462 e. The second kappa shape index (κ2) is 28.0. The Balaban J connectivity index is 1.46. The maximum Gasteiger partial charge on any atom is 0.472 e. The van der Waals surface area contributed by atoms with Gasteiger partial charge in [0.15, 0.2) is 17.6 Å². The van der Waals surface area contributed by atoms with Crippen molar-refractivity contribution in [2.45, 2.75) is 170 Å². The molecule has 17 nitrogen and oxygen atoms in total. The number of allylic oxidation sites excluding steroid dienone is 4. The van der Waals surface area contributed by atoms with E-state index in [-0.39, 0.29) is 73.0 Å². The Morgan fingerprint density at radius 2 is 1.35 bits per heavy atom. The van der Waals surface area contributed by atoms with Crippen LogP contribution in [0.4, 0.5) is 5.82 Å². The fourth-order valence-electron chi connectivity index (χ4n) is 6.70. The molecule has 2 unspecified atom stereocenters. The van der Waals surface area contributed by atoms with Crippen LogP contribution in [0.1, 0.15) is 168 Å². The number of H-pyrrole nitrogens is 1. The smallest absolute Gasteiger partial charge is 0.462 e. The van der Waals surface area contributed by atoms with Crippen molar-refractivity contribution in [3.8, 4) is 6.01 Å². The number of phosphoric acid groups is 1. The van der Waals surface area contributed by atoms with Crippen LogP contribution < -0.4 is 21.5 Å². The number of nitrogens with two attached hydrogens (primary N) is 1. The lowest BCUT2D eigenvalue weighted by Gasteiger charge is -2.20. The fraction of sp³-hybridized carbons (Fsp3) is 0.640. The molecule has 0 aliphatic rings. The zero-order valence-electron chi connectivity index (χ0n) is 42.0. The first-order chi connectivity index (χ1) is 31.9. The van der Waals surface area contributed by atoms with E-state index in [1.54, 1.807) is 24.3 Å². The van der Waals surface area contributed by atoms with E-state index in [1.807, 2.05) is 20.8 Å². The Morgan fingerprint density at radius 1 is 0.794 bits per heavy atom. The fourth-order valence-corrected chi connectivity index (χ4v) is 7.45. The molecule has 0 radical (unpaired) electrons. The normalized spacial score (nSPS) is 13.8. The topological polar surface area (TPSA) is 236 Å². The summed E-state index contributed by atoms with van der Waals surface area (Å²) in [6, 6.07) is 6.52. The highest BCUT2D eigenvalue weighted by Crippen LogP contribution is 2.43. The predicted molar refractivity (Wildman–Crippen MR) is 265 cm³/mol. The predicted octanol–water partition coefficient (Wildman–Crippen LogP) is 9.91. The molecule has 0 fully saturated rings. The number of imidazole rings is 1. The molecule has 0 spiro atoms. The second-order valence-electron chi connectivity index (χ2n) is 20.3. The number of ether oxygens (including phenoxy) is 3. The van der Waals surface area contributed by atoms with Gasteiger partial charge in [-0.25, -0.2) is 9.36 Å². The highest BCUT2D eigenvalue weighted by atomic mass is 31.2. The number of aromatic nitrogens is 4. The van der Waals surface area contributed by atoms with Gasteiger partial charge in [-0.15, -0.1) is 0 Å². The molecule has 3 aromatic rings. The number of unbranched alkanes of at least 4 members (excludes halogenated alkanes) is 10. The molecular formula is C50H79N6O11P. The van der Waals surface area contributed by atoms with Gasteiger partial charge in [0.1, 0.15) is 17.7 Å². The third-order valence-electron chi connectivity index (χ3n) is 10.1. The number of benzene rings is 1. The molecule has 0 aliphatic heterocycles. The number of carbonyl (C=O) groups excluding carboxylic acids is 3. The Bertz CT molecular complexity index is 2200. The number of esters is 2. The van der Waals surface area contributed by atoms with Crippen molar-refractivity contribution < 1.29 is 47.1 Å². The number of carbonyl (C=O) groups is 3. The van der Waals surface area contributed by atoms with Crippen molar-refractivity contribution in [3.05, 3.63) is 70.2 Å². The molecule has 380 valence electrons. The number of aromatic amines is 1. The van der Waals surface area contributed by atoms with E-state index in [9.17, 15) is 28.6 Å². The summed E-state index contributed by atoms with van der Waals surface area (Å²) in [4.78, 5) is 72.8.